The van der Waals surface area contributed by atoms with Crippen molar-refractivity contribution >= 4 is 27.5 Å². The van der Waals surface area contributed by atoms with Gasteiger partial charge in [0, 0.05) is 4.47 Å². The number of carbonyl (C=O) groups excluding carboxylic acids is 1. The zero-order valence-electron chi connectivity index (χ0n) is 13.8. The smallest absolute Gasteiger partial charge is 0.294 e. The van der Waals surface area contributed by atoms with Gasteiger partial charge in [0.25, 0.3) is 5.91 Å². The van der Waals surface area contributed by atoms with E-state index in [1.807, 2.05) is 53.4 Å². The summed E-state index contributed by atoms with van der Waals surface area (Å²) in [6.07, 6.45) is 1.71. The molecule has 128 valence electrons. The number of benzene rings is 2. The summed E-state index contributed by atoms with van der Waals surface area (Å²) in [7, 11) is 0. The molecule has 1 N–H and O–H groups in total. The van der Waals surface area contributed by atoms with Crippen molar-refractivity contribution in [3.63, 3.8) is 0 Å². The highest BCUT2D eigenvalue weighted by atomic mass is 79.9. The maximum Gasteiger partial charge on any atom is 0.294 e. The highest BCUT2D eigenvalue weighted by molar-refractivity contribution is 9.10. The molecule has 4 rings (SSSR count). The van der Waals surface area contributed by atoms with Gasteiger partial charge in [0.1, 0.15) is 0 Å². The van der Waals surface area contributed by atoms with Crippen LogP contribution in [0.15, 0.2) is 64.3 Å². The molecule has 2 aliphatic heterocycles. The van der Waals surface area contributed by atoms with E-state index in [1.165, 1.54) is 0 Å². The van der Waals surface area contributed by atoms with E-state index in [1.54, 1.807) is 0 Å². The van der Waals surface area contributed by atoms with Crippen LogP contribution in [-0.2, 0) is 11.3 Å². The lowest BCUT2D eigenvalue weighted by atomic mass is 10.0. The van der Waals surface area contributed by atoms with Crippen LogP contribution in [0.2, 0.25) is 0 Å². The molecular weight excluding hydrogens is 380 g/mol. The molecule has 2 heterocycles. The lowest BCUT2D eigenvalue weighted by Crippen LogP contribution is -2.38. The first-order chi connectivity index (χ1) is 12.2. The van der Waals surface area contributed by atoms with Crippen LogP contribution in [-0.4, -0.2) is 19.0 Å². The second kappa shape index (κ2) is 7.02. The largest absolute Gasteiger partial charge is 0.449 e. The number of fused-ring (bicyclic) bond motifs is 1. The molecule has 2 aromatic carbocycles. The number of halogens is 1. The average Bonchev–Trinajstić information content (AvgIpc) is 2.65. The van der Waals surface area contributed by atoms with Crippen LogP contribution in [0.25, 0.3) is 0 Å². The Morgan fingerprint density at radius 2 is 1.84 bits per heavy atom. The van der Waals surface area contributed by atoms with Gasteiger partial charge < -0.3 is 10.1 Å². The summed E-state index contributed by atoms with van der Waals surface area (Å²) in [5.74, 6) is 1.19. The van der Waals surface area contributed by atoms with E-state index >= 15 is 0 Å². The SMILES string of the molecule is O=C1C(=C2CCNCC2)Oc2ccc(Br)cc2N1Cc1ccccc1. The highest BCUT2D eigenvalue weighted by Crippen LogP contribution is 2.39. The average molecular weight is 399 g/mol. The van der Waals surface area contributed by atoms with Gasteiger partial charge in [0.2, 0.25) is 0 Å². The number of anilines is 1. The molecule has 4 nitrogen and oxygen atoms in total. The zero-order valence-corrected chi connectivity index (χ0v) is 15.4. The molecule has 0 unspecified atom stereocenters. The normalized spacial score (nSPS) is 17.3. The molecule has 5 heteroatoms. The van der Waals surface area contributed by atoms with Crippen molar-refractivity contribution in [3.8, 4) is 5.75 Å². The number of nitrogens with one attached hydrogen (secondary N) is 1. The number of rotatable bonds is 2. The van der Waals surface area contributed by atoms with Gasteiger partial charge in [-0.05, 0) is 55.3 Å². The summed E-state index contributed by atoms with van der Waals surface area (Å²) in [6, 6.07) is 15.9. The first-order valence-corrected chi connectivity index (χ1v) is 9.27. The second-order valence-electron chi connectivity index (χ2n) is 6.27. The number of hydrogen-bond acceptors (Lipinski definition) is 3. The summed E-state index contributed by atoms with van der Waals surface area (Å²) in [5, 5.41) is 3.33. The van der Waals surface area contributed by atoms with Gasteiger partial charge in [0.05, 0.1) is 12.2 Å². The molecule has 0 atom stereocenters. The van der Waals surface area contributed by atoms with Gasteiger partial charge in [-0.15, -0.1) is 0 Å². The summed E-state index contributed by atoms with van der Waals surface area (Å²) in [6.45, 7) is 2.31. The van der Waals surface area contributed by atoms with Crippen molar-refractivity contribution in [1.82, 2.24) is 5.32 Å². The molecule has 0 aromatic heterocycles. The molecule has 0 bridgehead atoms. The molecule has 1 saturated heterocycles. The quantitative estimate of drug-likeness (QED) is 0.776. The van der Waals surface area contributed by atoms with Crippen LogP contribution in [0.1, 0.15) is 18.4 Å². The molecular formula is C20H19BrN2O2. The van der Waals surface area contributed by atoms with Crippen molar-refractivity contribution in [3.05, 3.63) is 69.9 Å². The fourth-order valence-electron chi connectivity index (χ4n) is 3.28. The number of hydrogen-bond donors (Lipinski definition) is 1. The Labute approximate surface area is 155 Å². The van der Waals surface area contributed by atoms with Gasteiger partial charge in [0.15, 0.2) is 11.5 Å². The van der Waals surface area contributed by atoms with Crippen LogP contribution >= 0.6 is 15.9 Å². The van der Waals surface area contributed by atoms with Gasteiger partial charge in [-0.25, -0.2) is 0 Å². The fourth-order valence-corrected chi connectivity index (χ4v) is 3.62. The van der Waals surface area contributed by atoms with Gasteiger partial charge in [-0.2, -0.15) is 0 Å². The monoisotopic (exact) mass is 398 g/mol. The van der Waals surface area contributed by atoms with Crippen molar-refractivity contribution in [2.75, 3.05) is 18.0 Å². The standard InChI is InChI=1S/C20H19BrN2O2/c21-16-6-7-18-17(12-16)23(13-14-4-2-1-3-5-14)20(24)19(25-18)15-8-10-22-11-9-15/h1-7,12,22H,8-11,13H2. The Morgan fingerprint density at radius 3 is 2.60 bits per heavy atom. The Morgan fingerprint density at radius 1 is 1.08 bits per heavy atom. The van der Waals surface area contributed by atoms with Crippen molar-refractivity contribution < 1.29 is 9.53 Å². The first kappa shape index (κ1) is 16.4. The van der Waals surface area contributed by atoms with E-state index in [2.05, 4.69) is 21.2 Å². The minimum absolute atomic E-state index is 0.0497. The molecule has 2 aromatic rings. The van der Waals surface area contributed by atoms with E-state index in [0.29, 0.717) is 12.3 Å². The van der Waals surface area contributed by atoms with Crippen LogP contribution < -0.4 is 15.0 Å². The topological polar surface area (TPSA) is 41.6 Å². The molecule has 0 radical (unpaired) electrons. The number of amides is 1. The number of nitrogens with zero attached hydrogens (tertiary/aromatic N) is 1. The minimum Gasteiger partial charge on any atom is -0.449 e. The molecule has 1 amide bonds. The molecule has 0 aliphatic carbocycles. The molecule has 0 spiro atoms. The predicted octanol–water partition coefficient (Wildman–Crippen LogP) is 4.01. The van der Waals surface area contributed by atoms with E-state index in [-0.39, 0.29) is 5.91 Å². The maximum absolute atomic E-state index is 13.2. The van der Waals surface area contributed by atoms with Crippen LogP contribution in [0.4, 0.5) is 5.69 Å². The van der Waals surface area contributed by atoms with E-state index in [9.17, 15) is 4.79 Å². The number of ether oxygens (including phenoxy) is 1. The highest BCUT2D eigenvalue weighted by Gasteiger charge is 2.33. The van der Waals surface area contributed by atoms with Crippen LogP contribution in [0.3, 0.4) is 0 Å². The predicted molar refractivity (Wildman–Crippen MR) is 102 cm³/mol. The van der Waals surface area contributed by atoms with E-state index < -0.39 is 0 Å². The molecule has 25 heavy (non-hydrogen) atoms. The third-order valence-electron chi connectivity index (χ3n) is 4.57. The van der Waals surface area contributed by atoms with Crippen molar-refractivity contribution in [2.24, 2.45) is 0 Å². The molecule has 2 aliphatic rings. The summed E-state index contributed by atoms with van der Waals surface area (Å²) in [4.78, 5) is 15.0. The Bertz CT molecular complexity index is 825. The Hall–Kier alpha value is -2.11. The fraction of sp³-hybridized carbons (Fsp3) is 0.250. The summed E-state index contributed by atoms with van der Waals surface area (Å²) in [5.41, 5.74) is 3.01. The van der Waals surface area contributed by atoms with E-state index in [4.69, 9.17) is 4.74 Å². The Balaban J connectivity index is 1.77. The summed E-state index contributed by atoms with van der Waals surface area (Å²) >= 11 is 3.50. The number of piperidine rings is 1. The molecule has 1 fully saturated rings. The summed E-state index contributed by atoms with van der Waals surface area (Å²) < 4.78 is 6.98. The van der Waals surface area contributed by atoms with Gasteiger partial charge >= 0.3 is 0 Å². The van der Waals surface area contributed by atoms with Crippen molar-refractivity contribution in [1.29, 1.82) is 0 Å². The number of carbonyl (C=O) groups is 1. The molecule has 0 saturated carbocycles. The first-order valence-electron chi connectivity index (χ1n) is 8.48. The Kier molecular flexibility index (Phi) is 4.59. The maximum atomic E-state index is 13.2. The minimum atomic E-state index is -0.0497. The van der Waals surface area contributed by atoms with Gasteiger partial charge in [-0.3, -0.25) is 9.69 Å². The third kappa shape index (κ3) is 3.34. The van der Waals surface area contributed by atoms with Crippen LogP contribution in [0, 0.1) is 0 Å². The van der Waals surface area contributed by atoms with Crippen LogP contribution in [0.5, 0.6) is 5.75 Å². The zero-order chi connectivity index (χ0) is 17.2. The lowest BCUT2D eigenvalue weighted by Gasteiger charge is -2.32. The second-order valence-corrected chi connectivity index (χ2v) is 7.19. The van der Waals surface area contributed by atoms with Crippen molar-refractivity contribution in [2.45, 2.75) is 19.4 Å². The van der Waals surface area contributed by atoms with E-state index in [0.717, 1.165) is 53.0 Å². The lowest BCUT2D eigenvalue weighted by molar-refractivity contribution is -0.118. The third-order valence-corrected chi connectivity index (χ3v) is 5.07. The van der Waals surface area contributed by atoms with Gasteiger partial charge in [-0.1, -0.05) is 46.3 Å².